The van der Waals surface area contributed by atoms with Gasteiger partial charge in [-0.25, -0.2) is 0 Å². The molecule has 3 aliphatic rings. The fraction of sp³-hybridized carbons (Fsp3) is 0.440. The molecule has 1 unspecified atom stereocenters. The molecule has 2 saturated heterocycles. The summed E-state index contributed by atoms with van der Waals surface area (Å²) in [6, 6.07) is 12.7. The number of hydrogen-bond donors (Lipinski definition) is 0. The van der Waals surface area contributed by atoms with E-state index in [1.807, 2.05) is 13.8 Å². The average Bonchev–Trinajstić information content (AvgIpc) is 3.34. The molecule has 2 heterocycles. The molecule has 5 rings (SSSR count). The van der Waals surface area contributed by atoms with Gasteiger partial charge in [0.05, 0.1) is 24.0 Å². The first kappa shape index (κ1) is 19.1. The van der Waals surface area contributed by atoms with Gasteiger partial charge in [0, 0.05) is 10.8 Å². The molecule has 1 saturated carbocycles. The molecule has 3 nitrogen and oxygen atoms in total. The Morgan fingerprint density at radius 1 is 0.931 bits per heavy atom. The summed E-state index contributed by atoms with van der Waals surface area (Å²) in [5.41, 5.74) is 5.41. The molecule has 0 N–H and O–H groups in total. The van der Waals surface area contributed by atoms with E-state index >= 15 is 0 Å². The van der Waals surface area contributed by atoms with Crippen molar-refractivity contribution in [2.24, 2.45) is 11.8 Å². The Kier molecular flexibility index (Phi) is 4.48. The van der Waals surface area contributed by atoms with E-state index in [1.54, 1.807) is 11.8 Å². The molecular formula is C25H26O3S. The lowest BCUT2D eigenvalue weighted by Gasteiger charge is -2.26. The van der Waals surface area contributed by atoms with E-state index in [1.165, 1.54) is 16.0 Å². The highest BCUT2D eigenvalue weighted by atomic mass is 32.2. The first-order valence-corrected chi connectivity index (χ1v) is 11.6. The minimum absolute atomic E-state index is 0.0768. The number of hydrogen-bond acceptors (Lipinski definition) is 4. The van der Waals surface area contributed by atoms with Crippen molar-refractivity contribution < 1.29 is 14.3 Å². The summed E-state index contributed by atoms with van der Waals surface area (Å²) in [4.78, 5) is 28.2. The van der Waals surface area contributed by atoms with Crippen molar-refractivity contribution in [3.05, 3.63) is 64.2 Å². The number of ketones is 2. The zero-order valence-corrected chi connectivity index (χ0v) is 18.1. The predicted molar refractivity (Wildman–Crippen MR) is 115 cm³/mol. The Morgan fingerprint density at radius 3 is 2.17 bits per heavy atom. The van der Waals surface area contributed by atoms with Crippen molar-refractivity contribution in [2.45, 2.75) is 56.1 Å². The van der Waals surface area contributed by atoms with Gasteiger partial charge in [-0.3, -0.25) is 9.59 Å². The Bertz CT molecular complexity index is 986. The van der Waals surface area contributed by atoms with Crippen molar-refractivity contribution in [2.75, 3.05) is 6.26 Å². The van der Waals surface area contributed by atoms with Gasteiger partial charge in [-0.1, -0.05) is 29.8 Å². The third kappa shape index (κ3) is 2.76. The normalized spacial score (nSPS) is 32.8. The van der Waals surface area contributed by atoms with Crippen molar-refractivity contribution in [3.63, 3.8) is 0 Å². The van der Waals surface area contributed by atoms with Gasteiger partial charge >= 0.3 is 0 Å². The van der Waals surface area contributed by atoms with Gasteiger partial charge < -0.3 is 4.74 Å². The zero-order chi connectivity index (χ0) is 20.4. The highest BCUT2D eigenvalue weighted by Crippen LogP contribution is 2.57. The molecule has 29 heavy (non-hydrogen) atoms. The minimum atomic E-state index is -0.614. The maximum absolute atomic E-state index is 13.6. The number of rotatable bonds is 3. The van der Waals surface area contributed by atoms with Crippen molar-refractivity contribution in [1.29, 1.82) is 0 Å². The van der Waals surface area contributed by atoms with E-state index in [4.69, 9.17) is 4.74 Å². The molecule has 0 aromatic heterocycles. The van der Waals surface area contributed by atoms with Crippen LogP contribution in [0.5, 0.6) is 0 Å². The first-order valence-electron chi connectivity index (χ1n) is 10.3. The molecule has 4 heteroatoms. The van der Waals surface area contributed by atoms with Gasteiger partial charge in [-0.15, -0.1) is 11.8 Å². The van der Waals surface area contributed by atoms with Crippen molar-refractivity contribution in [3.8, 4) is 0 Å². The number of thioether (sulfide) groups is 1. The fourth-order valence-corrected chi connectivity index (χ4v) is 6.48. The van der Waals surface area contributed by atoms with E-state index in [9.17, 15) is 9.59 Å². The molecule has 2 aromatic rings. The number of benzene rings is 2. The lowest BCUT2D eigenvalue weighted by Crippen LogP contribution is -2.34. The van der Waals surface area contributed by atoms with E-state index in [0.29, 0.717) is 0 Å². The quantitative estimate of drug-likeness (QED) is 0.545. The first-order chi connectivity index (χ1) is 13.9. The third-order valence-corrected chi connectivity index (χ3v) is 7.90. The Balaban J connectivity index is 1.49. The molecule has 0 spiro atoms. The number of Topliss-reactive ketones (excluding diaryl/α,β-unsaturated/α-hetero) is 2. The van der Waals surface area contributed by atoms with Gasteiger partial charge in [0.25, 0.3) is 0 Å². The minimum Gasteiger partial charge on any atom is -0.373 e. The Morgan fingerprint density at radius 2 is 1.55 bits per heavy atom. The monoisotopic (exact) mass is 406 g/mol. The van der Waals surface area contributed by atoms with E-state index in [0.717, 1.165) is 23.1 Å². The highest BCUT2D eigenvalue weighted by Gasteiger charge is 2.66. The molecule has 3 fully saturated rings. The van der Waals surface area contributed by atoms with E-state index < -0.39 is 5.92 Å². The van der Waals surface area contributed by atoms with Gasteiger partial charge in [0.2, 0.25) is 0 Å². The molecule has 2 aromatic carbocycles. The molecule has 0 amide bonds. The summed E-state index contributed by atoms with van der Waals surface area (Å²) in [7, 11) is 0. The molecule has 1 aliphatic carbocycles. The summed E-state index contributed by atoms with van der Waals surface area (Å²) < 4.78 is 6.22. The fourth-order valence-electron chi connectivity index (χ4n) is 6.07. The third-order valence-electron chi connectivity index (χ3n) is 7.15. The van der Waals surface area contributed by atoms with Crippen LogP contribution in [0.25, 0.3) is 0 Å². The van der Waals surface area contributed by atoms with Crippen LogP contribution < -0.4 is 0 Å². The second-order valence-corrected chi connectivity index (χ2v) is 9.74. The summed E-state index contributed by atoms with van der Waals surface area (Å²) in [5.74, 6) is -0.812. The molecule has 0 radical (unpaired) electrons. The zero-order valence-electron chi connectivity index (χ0n) is 17.3. The van der Waals surface area contributed by atoms with E-state index in [-0.39, 0.29) is 41.5 Å². The van der Waals surface area contributed by atoms with Crippen LogP contribution in [0.1, 0.15) is 46.1 Å². The second-order valence-electron chi connectivity index (χ2n) is 8.86. The average molecular weight is 407 g/mol. The van der Waals surface area contributed by atoms with Crippen molar-refractivity contribution in [1.82, 2.24) is 0 Å². The molecule has 2 bridgehead atoms. The van der Waals surface area contributed by atoms with Gasteiger partial charge in [0.15, 0.2) is 11.6 Å². The van der Waals surface area contributed by atoms with E-state index in [2.05, 4.69) is 49.6 Å². The van der Waals surface area contributed by atoms with Crippen LogP contribution in [0.15, 0.2) is 41.3 Å². The predicted octanol–water partition coefficient (Wildman–Crippen LogP) is 4.76. The lowest BCUT2D eigenvalue weighted by molar-refractivity contribution is -0.127. The van der Waals surface area contributed by atoms with Gasteiger partial charge in [-0.05, 0) is 67.8 Å². The molecule has 150 valence electrons. The summed E-state index contributed by atoms with van der Waals surface area (Å²) >= 11 is 1.72. The number of carbonyl (C=O) groups is 2. The Labute approximate surface area is 176 Å². The standard InChI is InChI=1S/C25H26O3S/c1-12-9-13(2)19(14(3)10-12)21-23(26)20-18-11-17(25(28-18)22(20)24(21)27)15-5-7-16(29-4)8-6-15/h5-10,17-18,20-22,25H,11H2,1-4H3/t17-,18-,20-,21?,22+,25+/m0/s1. The van der Waals surface area contributed by atoms with Crippen LogP contribution >= 0.6 is 11.8 Å². The topological polar surface area (TPSA) is 43.4 Å². The SMILES string of the molecule is CSc1ccc([C@@H]2C[C@@H]3O[C@H]2[C@H]2C(=O)C(c4c(C)cc(C)cc4C)C(=O)[C@H]23)cc1. The lowest BCUT2D eigenvalue weighted by atomic mass is 9.73. The van der Waals surface area contributed by atoms with Crippen LogP contribution in [0.2, 0.25) is 0 Å². The maximum atomic E-state index is 13.6. The van der Waals surface area contributed by atoms with Gasteiger partial charge in [-0.2, -0.15) is 0 Å². The molecule has 2 aliphatic heterocycles. The number of carbonyl (C=O) groups excluding carboxylic acids is 2. The molecule has 6 atom stereocenters. The molecular weight excluding hydrogens is 380 g/mol. The van der Waals surface area contributed by atoms with Crippen molar-refractivity contribution >= 4 is 23.3 Å². The van der Waals surface area contributed by atoms with Crippen LogP contribution in [-0.2, 0) is 14.3 Å². The maximum Gasteiger partial charge on any atom is 0.154 e. The highest BCUT2D eigenvalue weighted by molar-refractivity contribution is 7.98. The summed E-state index contributed by atoms with van der Waals surface area (Å²) in [5, 5.41) is 0. The van der Waals surface area contributed by atoms with Crippen LogP contribution in [0.4, 0.5) is 0 Å². The van der Waals surface area contributed by atoms with Crippen LogP contribution in [0.3, 0.4) is 0 Å². The number of fused-ring (bicyclic) bond motifs is 5. The Hall–Kier alpha value is -1.91. The number of aryl methyl sites for hydroxylation is 3. The van der Waals surface area contributed by atoms with Gasteiger partial charge in [0.1, 0.15) is 5.92 Å². The number of ether oxygens (including phenoxy) is 1. The largest absolute Gasteiger partial charge is 0.373 e. The summed E-state index contributed by atoms with van der Waals surface area (Å²) in [6.45, 7) is 6.09. The second kappa shape index (κ2) is 6.82. The summed E-state index contributed by atoms with van der Waals surface area (Å²) in [6.07, 6.45) is 2.61. The van der Waals surface area contributed by atoms with Crippen LogP contribution in [-0.4, -0.2) is 30.0 Å². The van der Waals surface area contributed by atoms with Crippen LogP contribution in [0, 0.1) is 32.6 Å². The smallest absolute Gasteiger partial charge is 0.154 e.